The Hall–Kier alpha value is -0.730. The Bertz CT molecular complexity index is 384. The van der Waals surface area contributed by atoms with E-state index < -0.39 is 0 Å². The van der Waals surface area contributed by atoms with Crippen LogP contribution in [0.15, 0.2) is 6.07 Å². The van der Waals surface area contributed by atoms with E-state index in [1.165, 1.54) is 0 Å². The van der Waals surface area contributed by atoms with Crippen molar-refractivity contribution >= 4 is 11.6 Å². The average Bonchev–Trinajstić information content (AvgIpc) is 2.89. The zero-order valence-electron chi connectivity index (χ0n) is 9.10. The Morgan fingerprint density at radius 3 is 2.60 bits per heavy atom. The molecule has 2 nitrogen and oxygen atoms in total. The number of aromatic hydroxyl groups is 1. The molecule has 0 radical (unpaired) electrons. The highest BCUT2D eigenvalue weighted by Crippen LogP contribution is 2.41. The number of benzene rings is 1. The van der Waals surface area contributed by atoms with Crippen LogP contribution in [0.4, 0.5) is 0 Å². The normalized spacial score (nSPS) is 17.9. The number of rotatable bonds is 2. The molecule has 0 bridgehead atoms. The first-order valence-corrected chi connectivity index (χ1v) is 5.57. The molecule has 0 spiro atoms. The molecule has 0 heterocycles. The standard InChI is InChI=1S/C12H16ClNO/c1-7-5-10(13)11(15)9(8(7)2)6-12(14)3-4-12/h5,15H,3-4,6,14H2,1-2H3. The molecule has 1 fully saturated rings. The lowest BCUT2D eigenvalue weighted by Crippen LogP contribution is -2.25. The zero-order valence-corrected chi connectivity index (χ0v) is 9.86. The summed E-state index contributed by atoms with van der Waals surface area (Å²) < 4.78 is 0. The van der Waals surface area contributed by atoms with E-state index in [1.807, 2.05) is 13.8 Å². The number of halogens is 1. The van der Waals surface area contributed by atoms with Gasteiger partial charge in [-0.25, -0.2) is 0 Å². The largest absolute Gasteiger partial charge is 0.506 e. The molecule has 0 saturated heterocycles. The van der Waals surface area contributed by atoms with Crippen molar-refractivity contribution in [3.8, 4) is 5.75 Å². The number of phenolic OH excluding ortho intramolecular Hbond substituents is 1. The number of hydrogen-bond acceptors (Lipinski definition) is 2. The van der Waals surface area contributed by atoms with Gasteiger partial charge in [0.2, 0.25) is 0 Å². The Morgan fingerprint density at radius 2 is 2.07 bits per heavy atom. The first-order valence-electron chi connectivity index (χ1n) is 5.19. The summed E-state index contributed by atoms with van der Waals surface area (Å²) in [5.74, 6) is 0.205. The van der Waals surface area contributed by atoms with E-state index in [9.17, 15) is 5.11 Å². The van der Waals surface area contributed by atoms with Crippen molar-refractivity contribution in [3.63, 3.8) is 0 Å². The molecule has 1 aliphatic rings. The first-order chi connectivity index (χ1) is 6.93. The van der Waals surface area contributed by atoms with Crippen LogP contribution in [0.1, 0.15) is 29.5 Å². The fraction of sp³-hybridized carbons (Fsp3) is 0.500. The van der Waals surface area contributed by atoms with Crippen LogP contribution >= 0.6 is 11.6 Å². The molecule has 15 heavy (non-hydrogen) atoms. The summed E-state index contributed by atoms with van der Waals surface area (Å²) in [7, 11) is 0. The molecule has 3 heteroatoms. The minimum atomic E-state index is -0.0979. The van der Waals surface area contributed by atoms with Crippen molar-refractivity contribution in [1.82, 2.24) is 0 Å². The van der Waals surface area contributed by atoms with E-state index in [2.05, 4.69) is 0 Å². The molecular weight excluding hydrogens is 210 g/mol. The van der Waals surface area contributed by atoms with Crippen molar-refractivity contribution < 1.29 is 5.11 Å². The van der Waals surface area contributed by atoms with E-state index in [4.69, 9.17) is 17.3 Å². The third kappa shape index (κ3) is 1.97. The maximum Gasteiger partial charge on any atom is 0.137 e. The van der Waals surface area contributed by atoms with Crippen LogP contribution in [0, 0.1) is 13.8 Å². The van der Waals surface area contributed by atoms with Crippen molar-refractivity contribution in [2.75, 3.05) is 0 Å². The van der Waals surface area contributed by atoms with Crippen molar-refractivity contribution in [2.45, 2.75) is 38.6 Å². The summed E-state index contributed by atoms with van der Waals surface area (Å²) in [6.07, 6.45) is 2.81. The molecule has 0 aliphatic heterocycles. The predicted octanol–water partition coefficient (Wildman–Crippen LogP) is 2.70. The third-order valence-corrected chi connectivity index (χ3v) is 3.61. The Kier molecular flexibility index (Phi) is 2.44. The summed E-state index contributed by atoms with van der Waals surface area (Å²) >= 11 is 5.95. The van der Waals surface area contributed by atoms with Gasteiger partial charge >= 0.3 is 0 Å². The van der Waals surface area contributed by atoms with Crippen molar-refractivity contribution in [3.05, 3.63) is 27.8 Å². The van der Waals surface area contributed by atoms with E-state index in [0.29, 0.717) is 5.02 Å². The van der Waals surface area contributed by atoms with Gasteiger partial charge in [0.1, 0.15) is 5.75 Å². The fourth-order valence-corrected chi connectivity index (χ4v) is 2.11. The summed E-state index contributed by atoms with van der Waals surface area (Å²) in [4.78, 5) is 0. The monoisotopic (exact) mass is 225 g/mol. The molecule has 1 aliphatic carbocycles. The highest BCUT2D eigenvalue weighted by Gasteiger charge is 2.39. The van der Waals surface area contributed by atoms with Crippen LogP contribution in [0.5, 0.6) is 5.75 Å². The molecular formula is C12H16ClNO. The molecule has 82 valence electrons. The highest BCUT2D eigenvalue weighted by atomic mass is 35.5. The van der Waals surface area contributed by atoms with Crippen molar-refractivity contribution in [1.29, 1.82) is 0 Å². The predicted molar refractivity (Wildman–Crippen MR) is 62.4 cm³/mol. The number of phenols is 1. The van der Waals surface area contributed by atoms with Gasteiger partial charge in [0.15, 0.2) is 0 Å². The van der Waals surface area contributed by atoms with Crippen LogP contribution in [0.3, 0.4) is 0 Å². The summed E-state index contributed by atoms with van der Waals surface area (Å²) in [5, 5.41) is 10.3. The van der Waals surface area contributed by atoms with Gasteiger partial charge in [-0.3, -0.25) is 0 Å². The number of hydrogen-bond donors (Lipinski definition) is 2. The maximum atomic E-state index is 9.91. The molecule has 1 saturated carbocycles. The van der Waals surface area contributed by atoms with Crippen LogP contribution in [-0.4, -0.2) is 10.6 Å². The Morgan fingerprint density at radius 1 is 1.47 bits per heavy atom. The van der Waals surface area contributed by atoms with Gasteiger partial charge in [-0.1, -0.05) is 11.6 Å². The highest BCUT2D eigenvalue weighted by molar-refractivity contribution is 6.32. The fourth-order valence-electron chi connectivity index (χ4n) is 1.83. The molecule has 0 aromatic heterocycles. The summed E-state index contributed by atoms with van der Waals surface area (Å²) in [6.45, 7) is 4.01. The van der Waals surface area contributed by atoms with Crippen molar-refractivity contribution in [2.24, 2.45) is 5.73 Å². The van der Waals surface area contributed by atoms with E-state index in [0.717, 1.165) is 36.0 Å². The lowest BCUT2D eigenvalue weighted by Gasteiger charge is -2.16. The molecule has 0 amide bonds. The first kappa shape index (κ1) is 10.8. The molecule has 1 aromatic carbocycles. The number of nitrogens with two attached hydrogens (primary N) is 1. The van der Waals surface area contributed by atoms with Crippen LogP contribution < -0.4 is 5.73 Å². The van der Waals surface area contributed by atoms with Gasteiger partial charge in [0.25, 0.3) is 0 Å². The van der Waals surface area contributed by atoms with Gasteiger partial charge in [0, 0.05) is 11.1 Å². The van der Waals surface area contributed by atoms with Gasteiger partial charge < -0.3 is 10.8 Å². The van der Waals surface area contributed by atoms with E-state index in [1.54, 1.807) is 6.07 Å². The van der Waals surface area contributed by atoms with Gasteiger partial charge in [0.05, 0.1) is 5.02 Å². The minimum Gasteiger partial charge on any atom is -0.506 e. The van der Waals surface area contributed by atoms with Gasteiger partial charge in [-0.05, 0) is 50.3 Å². The molecule has 2 rings (SSSR count). The third-order valence-electron chi connectivity index (χ3n) is 3.32. The smallest absolute Gasteiger partial charge is 0.137 e. The SMILES string of the molecule is Cc1cc(Cl)c(O)c(CC2(N)CC2)c1C. The number of aryl methyl sites for hydroxylation is 1. The Balaban J connectivity index is 2.44. The second kappa shape index (κ2) is 3.39. The topological polar surface area (TPSA) is 46.2 Å². The second-order valence-corrected chi connectivity index (χ2v) is 5.07. The zero-order chi connectivity index (χ0) is 11.2. The quantitative estimate of drug-likeness (QED) is 0.813. The van der Waals surface area contributed by atoms with Gasteiger partial charge in [-0.2, -0.15) is 0 Å². The second-order valence-electron chi connectivity index (χ2n) is 4.67. The minimum absolute atomic E-state index is 0.0979. The average molecular weight is 226 g/mol. The molecule has 3 N–H and O–H groups in total. The summed E-state index contributed by atoms with van der Waals surface area (Å²) in [5.41, 5.74) is 9.09. The molecule has 0 atom stereocenters. The van der Waals surface area contributed by atoms with Gasteiger partial charge in [-0.15, -0.1) is 0 Å². The molecule has 0 unspecified atom stereocenters. The van der Waals surface area contributed by atoms with Crippen LogP contribution in [0.25, 0.3) is 0 Å². The lowest BCUT2D eigenvalue weighted by molar-refractivity contribution is 0.463. The van der Waals surface area contributed by atoms with E-state index >= 15 is 0 Å². The maximum absolute atomic E-state index is 9.91. The Labute approximate surface area is 95.1 Å². The summed E-state index contributed by atoms with van der Waals surface area (Å²) in [6, 6.07) is 1.80. The van der Waals surface area contributed by atoms with E-state index in [-0.39, 0.29) is 11.3 Å². The lowest BCUT2D eigenvalue weighted by atomic mass is 9.96. The van der Waals surface area contributed by atoms with Crippen LogP contribution in [0.2, 0.25) is 5.02 Å². The molecule has 1 aromatic rings. The van der Waals surface area contributed by atoms with Crippen LogP contribution in [-0.2, 0) is 6.42 Å².